The number of carbonyl (C=O) groups is 2. The Morgan fingerprint density at radius 2 is 1.75 bits per heavy atom. The van der Waals surface area contributed by atoms with E-state index in [2.05, 4.69) is 0 Å². The Balaban J connectivity index is 2.73. The summed E-state index contributed by atoms with van der Waals surface area (Å²) in [5.74, 6) is -0.885. The number of nitrogens with zero attached hydrogens (tertiary/aromatic N) is 1. The van der Waals surface area contributed by atoms with Crippen molar-refractivity contribution in [1.29, 1.82) is 0 Å². The molecule has 7 heteroatoms. The number of carbonyl (C=O) groups excluding carboxylic acids is 2. The number of imide groups is 1. The van der Waals surface area contributed by atoms with Gasteiger partial charge in [-0.2, -0.15) is 0 Å². The van der Waals surface area contributed by atoms with Crippen molar-refractivity contribution in [3.05, 3.63) is 32.3 Å². The summed E-state index contributed by atoms with van der Waals surface area (Å²) in [6.07, 6.45) is 1.62. The maximum atomic E-state index is 11.8. The lowest BCUT2D eigenvalue weighted by Gasteiger charge is -2.07. The maximum absolute atomic E-state index is 11.8. The fourth-order valence-corrected chi connectivity index (χ4v) is 2.65. The third kappa shape index (κ3) is 1.52. The summed E-state index contributed by atoms with van der Waals surface area (Å²) >= 11 is 18.5. The zero-order valence-corrected chi connectivity index (χ0v) is 11.0. The second-order valence-corrected chi connectivity index (χ2v) is 4.89. The average molecular weight is 297 g/mol. The minimum atomic E-state index is -0.462. The minimum absolute atomic E-state index is 0.0269. The van der Waals surface area contributed by atoms with E-state index in [1.807, 2.05) is 0 Å². The number of hydrogen-bond donors (Lipinski definition) is 0. The normalized spacial score (nSPS) is 14.6. The lowest BCUT2D eigenvalue weighted by molar-refractivity contribution is 0.0777. The first-order valence-corrected chi connectivity index (χ1v) is 6.41. The van der Waals surface area contributed by atoms with E-state index in [9.17, 15) is 9.59 Å². The molecule has 1 aliphatic rings. The molecule has 0 fully saturated rings. The molecule has 0 aromatic heterocycles. The van der Waals surface area contributed by atoms with Crippen LogP contribution in [0.25, 0.3) is 0 Å². The van der Waals surface area contributed by atoms with Crippen LogP contribution in [0.1, 0.15) is 20.7 Å². The Morgan fingerprint density at radius 1 is 1.12 bits per heavy atom. The van der Waals surface area contributed by atoms with E-state index in [0.717, 1.165) is 16.3 Å². The Morgan fingerprint density at radius 3 is 2.31 bits per heavy atom. The zero-order valence-electron chi connectivity index (χ0n) is 7.88. The summed E-state index contributed by atoms with van der Waals surface area (Å²) in [5.41, 5.74) is 0.314. The summed E-state index contributed by atoms with van der Waals surface area (Å²) in [5, 5.41) is 0.278. The molecule has 0 saturated carbocycles. The summed E-state index contributed by atoms with van der Waals surface area (Å²) in [6.45, 7) is 0. The van der Waals surface area contributed by atoms with Gasteiger partial charge in [-0.15, -0.1) is 0 Å². The highest BCUT2D eigenvalue weighted by Crippen LogP contribution is 2.40. The lowest BCUT2D eigenvalue weighted by atomic mass is 10.1. The molecule has 0 aliphatic carbocycles. The SMILES string of the molecule is CSN1C(=O)c2cc(Cl)c(Cl)c(Cl)c2C1=O. The average Bonchev–Trinajstić information content (AvgIpc) is 2.48. The van der Waals surface area contributed by atoms with E-state index >= 15 is 0 Å². The molecule has 0 spiro atoms. The first kappa shape index (κ1) is 12.0. The van der Waals surface area contributed by atoms with Crippen LogP contribution in [0.4, 0.5) is 0 Å². The molecule has 0 unspecified atom stereocenters. The molecular formula is C9H4Cl3NO2S. The predicted octanol–water partition coefficient (Wildman–Crippen LogP) is 3.52. The molecule has 0 radical (unpaired) electrons. The van der Waals surface area contributed by atoms with E-state index in [-0.39, 0.29) is 26.2 Å². The topological polar surface area (TPSA) is 37.4 Å². The molecule has 16 heavy (non-hydrogen) atoms. The molecule has 0 bridgehead atoms. The molecule has 1 aromatic rings. The van der Waals surface area contributed by atoms with Gasteiger partial charge in [0, 0.05) is 6.26 Å². The van der Waals surface area contributed by atoms with Crippen LogP contribution in [0.5, 0.6) is 0 Å². The smallest absolute Gasteiger partial charge is 0.268 e. The molecule has 1 aromatic carbocycles. The van der Waals surface area contributed by atoms with Crippen molar-refractivity contribution in [3.8, 4) is 0 Å². The quantitative estimate of drug-likeness (QED) is 0.452. The minimum Gasteiger partial charge on any atom is -0.268 e. The standard InChI is InChI=1S/C9H4Cl3NO2S/c1-16-13-8(14)3-2-4(10)6(11)7(12)5(3)9(13)15/h2H,1H3. The molecule has 3 nitrogen and oxygen atoms in total. The number of hydrogen-bond acceptors (Lipinski definition) is 3. The second-order valence-electron chi connectivity index (χ2n) is 3.00. The van der Waals surface area contributed by atoms with Crippen LogP contribution in [0.2, 0.25) is 15.1 Å². The van der Waals surface area contributed by atoms with Crippen LogP contribution >= 0.6 is 46.8 Å². The van der Waals surface area contributed by atoms with Gasteiger partial charge in [-0.05, 0) is 18.0 Å². The van der Waals surface area contributed by atoms with Crippen molar-refractivity contribution in [2.45, 2.75) is 0 Å². The largest absolute Gasteiger partial charge is 0.273 e. The van der Waals surface area contributed by atoms with E-state index in [4.69, 9.17) is 34.8 Å². The zero-order chi connectivity index (χ0) is 12.0. The molecule has 84 valence electrons. The molecule has 2 amide bonds. The van der Waals surface area contributed by atoms with E-state index in [1.165, 1.54) is 6.07 Å². The van der Waals surface area contributed by atoms with Gasteiger partial charge in [-0.25, -0.2) is 4.31 Å². The molecule has 1 aliphatic heterocycles. The summed E-state index contributed by atoms with van der Waals surface area (Å²) in [7, 11) is 0. The van der Waals surface area contributed by atoms with Gasteiger partial charge < -0.3 is 0 Å². The summed E-state index contributed by atoms with van der Waals surface area (Å²) in [6, 6.07) is 1.36. The van der Waals surface area contributed by atoms with Crippen molar-refractivity contribution < 1.29 is 9.59 Å². The Kier molecular flexibility index (Phi) is 3.09. The van der Waals surface area contributed by atoms with Gasteiger partial charge in [0.15, 0.2) is 0 Å². The number of amides is 2. The van der Waals surface area contributed by atoms with Crippen LogP contribution < -0.4 is 0 Å². The Hall–Kier alpha value is -0.420. The maximum Gasteiger partial charge on any atom is 0.273 e. The van der Waals surface area contributed by atoms with Crippen molar-refractivity contribution in [2.75, 3.05) is 6.26 Å². The van der Waals surface area contributed by atoms with Gasteiger partial charge in [0.2, 0.25) is 0 Å². The van der Waals surface area contributed by atoms with Gasteiger partial charge in [0.25, 0.3) is 11.8 Å². The highest BCUT2D eigenvalue weighted by atomic mass is 35.5. The second kappa shape index (κ2) is 4.11. The third-order valence-electron chi connectivity index (χ3n) is 2.16. The molecular weight excluding hydrogens is 293 g/mol. The number of halogens is 3. The van der Waals surface area contributed by atoms with Crippen molar-refractivity contribution in [3.63, 3.8) is 0 Å². The van der Waals surface area contributed by atoms with Gasteiger partial charge in [0.1, 0.15) is 0 Å². The summed E-state index contributed by atoms with van der Waals surface area (Å²) in [4.78, 5) is 23.6. The molecule has 0 saturated heterocycles. The number of rotatable bonds is 1. The fraction of sp³-hybridized carbons (Fsp3) is 0.111. The van der Waals surface area contributed by atoms with E-state index in [1.54, 1.807) is 6.26 Å². The molecule has 0 atom stereocenters. The van der Waals surface area contributed by atoms with Gasteiger partial charge in [0.05, 0.1) is 26.2 Å². The first-order valence-electron chi connectivity index (χ1n) is 4.09. The van der Waals surface area contributed by atoms with Crippen molar-refractivity contribution in [2.24, 2.45) is 0 Å². The van der Waals surface area contributed by atoms with Crippen LogP contribution in [-0.4, -0.2) is 22.4 Å². The number of fused-ring (bicyclic) bond motifs is 1. The van der Waals surface area contributed by atoms with E-state index < -0.39 is 11.8 Å². The highest BCUT2D eigenvalue weighted by Gasteiger charge is 2.38. The van der Waals surface area contributed by atoms with Crippen LogP contribution in [0.15, 0.2) is 6.07 Å². The van der Waals surface area contributed by atoms with Crippen molar-refractivity contribution >= 4 is 58.6 Å². The molecule has 2 rings (SSSR count). The highest BCUT2D eigenvalue weighted by molar-refractivity contribution is 7.97. The summed E-state index contributed by atoms with van der Waals surface area (Å²) < 4.78 is 1.02. The van der Waals surface area contributed by atoms with Crippen LogP contribution in [-0.2, 0) is 0 Å². The van der Waals surface area contributed by atoms with Gasteiger partial charge in [-0.1, -0.05) is 34.8 Å². The Labute approximate surface area is 111 Å². The molecule has 1 heterocycles. The Bertz CT molecular complexity index is 518. The van der Waals surface area contributed by atoms with Crippen LogP contribution in [0, 0.1) is 0 Å². The monoisotopic (exact) mass is 295 g/mol. The number of benzene rings is 1. The van der Waals surface area contributed by atoms with Crippen LogP contribution in [0.3, 0.4) is 0 Å². The van der Waals surface area contributed by atoms with Gasteiger partial charge >= 0.3 is 0 Å². The lowest BCUT2D eigenvalue weighted by Crippen LogP contribution is -2.21. The predicted molar refractivity (Wildman–Crippen MR) is 65.5 cm³/mol. The van der Waals surface area contributed by atoms with Gasteiger partial charge in [-0.3, -0.25) is 9.59 Å². The van der Waals surface area contributed by atoms with Crippen molar-refractivity contribution in [1.82, 2.24) is 4.31 Å². The first-order chi connectivity index (χ1) is 7.49. The van der Waals surface area contributed by atoms with E-state index in [0.29, 0.717) is 0 Å². The molecule has 0 N–H and O–H groups in total. The third-order valence-corrected chi connectivity index (χ3v) is 4.12. The fourth-order valence-electron chi connectivity index (χ4n) is 1.44.